The van der Waals surface area contributed by atoms with E-state index < -0.39 is 5.97 Å². The zero-order chi connectivity index (χ0) is 15.0. The van der Waals surface area contributed by atoms with Crippen LogP contribution in [0, 0.1) is 0 Å². The number of hydrogen-bond acceptors (Lipinski definition) is 2. The molecule has 4 nitrogen and oxygen atoms in total. The molecule has 3 aromatic rings. The number of halogens is 1. The highest BCUT2D eigenvalue weighted by atomic mass is 79.9. The molecule has 21 heavy (non-hydrogen) atoms. The van der Waals surface area contributed by atoms with E-state index in [-0.39, 0.29) is 11.1 Å². The Labute approximate surface area is 128 Å². The third-order valence-corrected chi connectivity index (χ3v) is 3.72. The van der Waals surface area contributed by atoms with Crippen molar-refractivity contribution in [2.24, 2.45) is 0 Å². The molecule has 104 valence electrons. The molecule has 0 fully saturated rings. The summed E-state index contributed by atoms with van der Waals surface area (Å²) in [5, 5.41) is 11.0. The first-order valence-corrected chi connectivity index (χ1v) is 6.99. The van der Waals surface area contributed by atoms with Gasteiger partial charge in [0.1, 0.15) is 0 Å². The average molecular weight is 344 g/mol. The smallest absolute Gasteiger partial charge is 0.337 e. The van der Waals surface area contributed by atoms with Gasteiger partial charge in [-0.15, -0.1) is 0 Å². The van der Waals surface area contributed by atoms with E-state index in [0.717, 1.165) is 15.2 Å². The Balaban J connectivity index is 2.20. The minimum Gasteiger partial charge on any atom is -0.478 e. The number of carboxylic acids is 1. The zero-order valence-corrected chi connectivity index (χ0v) is 12.4. The molecule has 1 heterocycles. The van der Waals surface area contributed by atoms with Crippen molar-refractivity contribution in [3.05, 3.63) is 75.1 Å². The number of carboxylic acid groups (broad SMARTS) is 1. The molecular formula is C16H10BrNO3. The second-order valence-electron chi connectivity index (χ2n) is 4.61. The van der Waals surface area contributed by atoms with Gasteiger partial charge >= 0.3 is 5.97 Å². The normalized spacial score (nSPS) is 10.7. The maximum atomic E-state index is 11.9. The van der Waals surface area contributed by atoms with Crippen molar-refractivity contribution in [3.8, 4) is 5.69 Å². The lowest BCUT2D eigenvalue weighted by molar-refractivity contribution is 0.0696. The lowest BCUT2D eigenvalue weighted by Gasteiger charge is -2.08. The number of fused-ring (bicyclic) bond motifs is 1. The summed E-state index contributed by atoms with van der Waals surface area (Å²) in [7, 11) is 0. The van der Waals surface area contributed by atoms with Crippen LogP contribution in [0.25, 0.3) is 16.5 Å². The fourth-order valence-corrected chi connectivity index (χ4v) is 2.55. The summed E-state index contributed by atoms with van der Waals surface area (Å²) in [6.07, 6.45) is 1.34. The zero-order valence-electron chi connectivity index (χ0n) is 10.8. The van der Waals surface area contributed by atoms with Gasteiger partial charge < -0.3 is 5.11 Å². The predicted molar refractivity (Wildman–Crippen MR) is 84.2 cm³/mol. The minimum absolute atomic E-state index is 0.0745. The molecule has 0 aliphatic carbocycles. The van der Waals surface area contributed by atoms with E-state index in [9.17, 15) is 9.59 Å². The van der Waals surface area contributed by atoms with Crippen molar-refractivity contribution in [2.45, 2.75) is 0 Å². The molecule has 0 radical (unpaired) electrons. The Kier molecular flexibility index (Phi) is 3.35. The summed E-state index contributed by atoms with van der Waals surface area (Å²) in [4.78, 5) is 23.0. The van der Waals surface area contributed by atoms with Crippen LogP contribution in [-0.4, -0.2) is 15.6 Å². The SMILES string of the molecule is O=C(O)c1ccc(=O)n(-c2ccc3cc(Br)ccc3c2)c1. The summed E-state index contributed by atoms with van der Waals surface area (Å²) in [6, 6.07) is 14.0. The molecule has 0 bridgehead atoms. The second-order valence-corrected chi connectivity index (χ2v) is 5.52. The van der Waals surface area contributed by atoms with Gasteiger partial charge in [0.25, 0.3) is 5.56 Å². The maximum absolute atomic E-state index is 11.9. The van der Waals surface area contributed by atoms with E-state index in [4.69, 9.17) is 5.11 Å². The van der Waals surface area contributed by atoms with E-state index in [1.807, 2.05) is 30.3 Å². The first kappa shape index (κ1) is 13.6. The van der Waals surface area contributed by atoms with Crippen LogP contribution in [0.4, 0.5) is 0 Å². The van der Waals surface area contributed by atoms with Crippen LogP contribution in [0.3, 0.4) is 0 Å². The van der Waals surface area contributed by atoms with Crippen molar-refractivity contribution in [3.63, 3.8) is 0 Å². The molecule has 5 heteroatoms. The topological polar surface area (TPSA) is 59.3 Å². The van der Waals surface area contributed by atoms with Crippen molar-refractivity contribution in [1.82, 2.24) is 4.57 Å². The molecule has 1 N–H and O–H groups in total. The number of carbonyl (C=O) groups is 1. The Morgan fingerprint density at radius 2 is 1.71 bits per heavy atom. The van der Waals surface area contributed by atoms with Crippen LogP contribution >= 0.6 is 15.9 Å². The molecule has 0 amide bonds. The molecular weight excluding hydrogens is 334 g/mol. The lowest BCUT2D eigenvalue weighted by atomic mass is 10.1. The van der Waals surface area contributed by atoms with E-state index in [1.54, 1.807) is 6.07 Å². The molecule has 0 saturated carbocycles. The first-order chi connectivity index (χ1) is 10.0. The van der Waals surface area contributed by atoms with Gasteiger partial charge in [0, 0.05) is 22.4 Å². The Hall–Kier alpha value is -2.40. The minimum atomic E-state index is -1.06. The summed E-state index contributed by atoms with van der Waals surface area (Å²) >= 11 is 3.41. The molecule has 0 aliphatic rings. The summed E-state index contributed by atoms with van der Waals surface area (Å²) in [5.41, 5.74) is 0.444. The summed E-state index contributed by atoms with van der Waals surface area (Å²) in [5.74, 6) is -1.06. The van der Waals surface area contributed by atoms with E-state index >= 15 is 0 Å². The van der Waals surface area contributed by atoms with Crippen LogP contribution in [0.1, 0.15) is 10.4 Å². The fourth-order valence-electron chi connectivity index (χ4n) is 2.17. The lowest BCUT2D eigenvalue weighted by Crippen LogP contribution is -2.18. The van der Waals surface area contributed by atoms with Gasteiger partial charge in [0.15, 0.2) is 0 Å². The molecule has 0 aliphatic heterocycles. The molecule has 0 spiro atoms. The van der Waals surface area contributed by atoms with E-state index in [0.29, 0.717) is 5.69 Å². The van der Waals surface area contributed by atoms with Gasteiger partial charge in [-0.1, -0.05) is 28.1 Å². The molecule has 3 rings (SSSR count). The molecule has 0 saturated heterocycles. The van der Waals surface area contributed by atoms with E-state index in [1.165, 1.54) is 22.9 Å². The number of rotatable bonds is 2. The number of aromatic carboxylic acids is 1. The number of hydrogen-bond donors (Lipinski definition) is 1. The van der Waals surface area contributed by atoms with Crippen molar-refractivity contribution in [1.29, 1.82) is 0 Å². The second kappa shape index (κ2) is 5.18. The van der Waals surface area contributed by atoms with Gasteiger partial charge in [0.2, 0.25) is 0 Å². The van der Waals surface area contributed by atoms with Crippen LogP contribution in [0.15, 0.2) is 64.0 Å². The fraction of sp³-hybridized carbons (Fsp3) is 0. The quantitative estimate of drug-likeness (QED) is 0.775. The van der Waals surface area contributed by atoms with Crippen LogP contribution in [0.5, 0.6) is 0 Å². The average Bonchev–Trinajstić information content (AvgIpc) is 2.47. The molecule has 0 atom stereocenters. The third-order valence-electron chi connectivity index (χ3n) is 3.22. The van der Waals surface area contributed by atoms with Gasteiger partial charge in [0.05, 0.1) is 5.56 Å². The number of pyridine rings is 1. The summed E-state index contributed by atoms with van der Waals surface area (Å²) in [6.45, 7) is 0. The van der Waals surface area contributed by atoms with Gasteiger partial charge in [-0.05, 0) is 41.1 Å². The van der Waals surface area contributed by atoms with Gasteiger partial charge in [-0.2, -0.15) is 0 Å². The highest BCUT2D eigenvalue weighted by molar-refractivity contribution is 9.10. The molecule has 1 aromatic heterocycles. The van der Waals surface area contributed by atoms with Crippen molar-refractivity contribution in [2.75, 3.05) is 0 Å². The largest absolute Gasteiger partial charge is 0.478 e. The Bertz CT molecular complexity index is 915. The van der Waals surface area contributed by atoms with Crippen LogP contribution < -0.4 is 5.56 Å². The third kappa shape index (κ3) is 2.60. The number of benzene rings is 2. The Morgan fingerprint density at radius 1 is 1.00 bits per heavy atom. The van der Waals surface area contributed by atoms with Crippen LogP contribution in [-0.2, 0) is 0 Å². The summed E-state index contributed by atoms with van der Waals surface area (Å²) < 4.78 is 2.32. The highest BCUT2D eigenvalue weighted by Gasteiger charge is 2.07. The first-order valence-electron chi connectivity index (χ1n) is 6.20. The van der Waals surface area contributed by atoms with Crippen molar-refractivity contribution >= 4 is 32.7 Å². The maximum Gasteiger partial charge on any atom is 0.337 e. The molecule has 0 unspecified atom stereocenters. The Morgan fingerprint density at radius 3 is 2.48 bits per heavy atom. The van der Waals surface area contributed by atoms with E-state index in [2.05, 4.69) is 15.9 Å². The predicted octanol–water partition coefficient (Wildman–Crippen LogP) is 3.45. The standard InChI is InChI=1S/C16H10BrNO3/c17-13-4-1-11-8-14(5-2-10(11)7-13)18-9-12(16(20)21)3-6-15(18)19/h1-9H,(H,20,21). The van der Waals surface area contributed by atoms with Gasteiger partial charge in [-0.3, -0.25) is 9.36 Å². The van der Waals surface area contributed by atoms with Crippen molar-refractivity contribution < 1.29 is 9.90 Å². The highest BCUT2D eigenvalue weighted by Crippen LogP contribution is 2.22. The molecule has 2 aromatic carbocycles. The van der Waals surface area contributed by atoms with Gasteiger partial charge in [-0.25, -0.2) is 4.79 Å². The monoisotopic (exact) mass is 343 g/mol. The number of aromatic nitrogens is 1. The van der Waals surface area contributed by atoms with Crippen LogP contribution in [0.2, 0.25) is 0 Å². The number of nitrogens with zero attached hydrogens (tertiary/aromatic N) is 1.